The molecule has 0 spiro atoms. The first-order valence-electron chi connectivity index (χ1n) is 5.19. The first-order valence-corrected chi connectivity index (χ1v) is 5.19. The first-order chi connectivity index (χ1) is 6.50. The van der Waals surface area contributed by atoms with Crippen molar-refractivity contribution in [1.29, 1.82) is 0 Å². The number of aliphatic hydroxyl groups is 1. The fourth-order valence-electron chi connectivity index (χ4n) is 1.59. The summed E-state index contributed by atoms with van der Waals surface area (Å²) in [7, 11) is 1.88. The van der Waals surface area contributed by atoms with E-state index in [1.165, 1.54) is 0 Å². The highest BCUT2D eigenvalue weighted by atomic mass is 16.3. The molecule has 80 valence electrons. The monoisotopic (exact) mass is 196 g/mol. The second kappa shape index (κ2) is 4.60. The standard InChI is InChI=1S/C11H20N2O/c1-8(2)5-6-11(14)10-7-13(4)12-9(10)3/h7-8,11,14H,5-6H2,1-4H3. The Morgan fingerprint density at radius 3 is 2.50 bits per heavy atom. The van der Waals surface area contributed by atoms with E-state index in [9.17, 15) is 5.11 Å². The van der Waals surface area contributed by atoms with Gasteiger partial charge in [-0.25, -0.2) is 0 Å². The van der Waals surface area contributed by atoms with Gasteiger partial charge in [-0.2, -0.15) is 5.10 Å². The molecule has 0 aromatic carbocycles. The highest BCUT2D eigenvalue weighted by Crippen LogP contribution is 2.22. The van der Waals surface area contributed by atoms with Crippen LogP contribution in [-0.4, -0.2) is 14.9 Å². The van der Waals surface area contributed by atoms with Crippen LogP contribution >= 0.6 is 0 Å². The molecule has 3 nitrogen and oxygen atoms in total. The van der Waals surface area contributed by atoms with Gasteiger partial charge in [0, 0.05) is 18.8 Å². The van der Waals surface area contributed by atoms with Crippen molar-refractivity contribution in [3.63, 3.8) is 0 Å². The molecule has 1 aromatic rings. The number of aliphatic hydroxyl groups excluding tert-OH is 1. The lowest BCUT2D eigenvalue weighted by atomic mass is 10.0. The lowest BCUT2D eigenvalue weighted by Gasteiger charge is -2.10. The van der Waals surface area contributed by atoms with E-state index in [1.807, 2.05) is 20.2 Å². The summed E-state index contributed by atoms with van der Waals surface area (Å²) in [5.74, 6) is 0.640. The molecule has 1 heterocycles. The van der Waals surface area contributed by atoms with Crippen LogP contribution in [0.1, 0.15) is 44.1 Å². The number of hydrogen-bond donors (Lipinski definition) is 1. The molecule has 0 aliphatic rings. The maximum Gasteiger partial charge on any atom is 0.0823 e. The van der Waals surface area contributed by atoms with Crippen molar-refractivity contribution in [2.45, 2.75) is 39.7 Å². The zero-order valence-corrected chi connectivity index (χ0v) is 9.49. The Kier molecular flexibility index (Phi) is 3.69. The smallest absolute Gasteiger partial charge is 0.0823 e. The van der Waals surface area contributed by atoms with Crippen LogP contribution in [0.5, 0.6) is 0 Å². The van der Waals surface area contributed by atoms with Gasteiger partial charge >= 0.3 is 0 Å². The third kappa shape index (κ3) is 2.84. The zero-order chi connectivity index (χ0) is 10.7. The second-order valence-electron chi connectivity index (χ2n) is 4.33. The van der Waals surface area contributed by atoms with Gasteiger partial charge < -0.3 is 5.11 Å². The Labute approximate surface area is 85.8 Å². The summed E-state index contributed by atoms with van der Waals surface area (Å²) in [6.45, 7) is 6.28. The average Bonchev–Trinajstić information content (AvgIpc) is 2.41. The van der Waals surface area contributed by atoms with E-state index in [2.05, 4.69) is 18.9 Å². The predicted octanol–water partition coefficient (Wildman–Crippen LogP) is 2.20. The quantitative estimate of drug-likeness (QED) is 0.801. The summed E-state index contributed by atoms with van der Waals surface area (Å²) in [6.07, 6.45) is 3.42. The van der Waals surface area contributed by atoms with Gasteiger partial charge in [-0.3, -0.25) is 4.68 Å². The lowest BCUT2D eigenvalue weighted by molar-refractivity contribution is 0.158. The predicted molar refractivity (Wildman–Crippen MR) is 57.0 cm³/mol. The van der Waals surface area contributed by atoms with E-state index in [4.69, 9.17) is 0 Å². The third-order valence-electron chi connectivity index (χ3n) is 2.43. The van der Waals surface area contributed by atoms with Gasteiger partial charge in [-0.15, -0.1) is 0 Å². The largest absolute Gasteiger partial charge is 0.388 e. The van der Waals surface area contributed by atoms with Crippen LogP contribution in [0.3, 0.4) is 0 Å². The number of hydrogen-bond acceptors (Lipinski definition) is 2. The Morgan fingerprint density at radius 2 is 2.07 bits per heavy atom. The fourth-order valence-corrected chi connectivity index (χ4v) is 1.59. The van der Waals surface area contributed by atoms with Crippen molar-refractivity contribution in [1.82, 2.24) is 9.78 Å². The van der Waals surface area contributed by atoms with Gasteiger partial charge in [0.25, 0.3) is 0 Å². The minimum Gasteiger partial charge on any atom is -0.388 e. The van der Waals surface area contributed by atoms with E-state index >= 15 is 0 Å². The summed E-state index contributed by atoms with van der Waals surface area (Å²) >= 11 is 0. The molecule has 1 N–H and O–H groups in total. The summed E-state index contributed by atoms with van der Waals surface area (Å²) in [5, 5.41) is 14.1. The highest BCUT2D eigenvalue weighted by Gasteiger charge is 2.13. The Morgan fingerprint density at radius 1 is 1.43 bits per heavy atom. The van der Waals surface area contributed by atoms with Gasteiger partial charge in [0.05, 0.1) is 11.8 Å². The molecule has 0 fully saturated rings. The SMILES string of the molecule is Cc1nn(C)cc1C(O)CCC(C)C. The molecule has 0 amide bonds. The van der Waals surface area contributed by atoms with E-state index < -0.39 is 0 Å². The van der Waals surface area contributed by atoms with Crippen molar-refractivity contribution in [2.24, 2.45) is 13.0 Å². The Balaban J connectivity index is 2.60. The van der Waals surface area contributed by atoms with Crippen LogP contribution in [0.2, 0.25) is 0 Å². The van der Waals surface area contributed by atoms with Crippen LogP contribution < -0.4 is 0 Å². The van der Waals surface area contributed by atoms with Crippen molar-refractivity contribution < 1.29 is 5.11 Å². The van der Waals surface area contributed by atoms with Crippen LogP contribution in [0.15, 0.2) is 6.20 Å². The van der Waals surface area contributed by atoms with Crippen LogP contribution in [-0.2, 0) is 7.05 Å². The number of nitrogens with zero attached hydrogens (tertiary/aromatic N) is 2. The highest BCUT2D eigenvalue weighted by molar-refractivity contribution is 5.18. The van der Waals surface area contributed by atoms with Gasteiger partial charge in [-0.05, 0) is 25.7 Å². The van der Waals surface area contributed by atoms with Gasteiger partial charge in [-0.1, -0.05) is 13.8 Å². The molecule has 1 aromatic heterocycles. The molecule has 1 atom stereocenters. The average molecular weight is 196 g/mol. The molecule has 0 saturated heterocycles. The molecule has 1 unspecified atom stereocenters. The molecule has 0 aliphatic heterocycles. The van der Waals surface area contributed by atoms with E-state index in [1.54, 1.807) is 4.68 Å². The maximum absolute atomic E-state index is 9.91. The topological polar surface area (TPSA) is 38.0 Å². The van der Waals surface area contributed by atoms with Crippen molar-refractivity contribution in [2.75, 3.05) is 0 Å². The van der Waals surface area contributed by atoms with E-state index in [-0.39, 0.29) is 6.10 Å². The molecular formula is C11H20N2O. The van der Waals surface area contributed by atoms with Crippen molar-refractivity contribution in [3.05, 3.63) is 17.5 Å². The van der Waals surface area contributed by atoms with Crippen LogP contribution in [0, 0.1) is 12.8 Å². The normalized spacial score (nSPS) is 13.6. The minimum atomic E-state index is -0.355. The van der Waals surface area contributed by atoms with Crippen molar-refractivity contribution >= 4 is 0 Å². The Hall–Kier alpha value is -0.830. The molecule has 0 bridgehead atoms. The molecule has 0 aliphatic carbocycles. The summed E-state index contributed by atoms with van der Waals surface area (Å²) in [4.78, 5) is 0. The van der Waals surface area contributed by atoms with Gasteiger partial charge in [0.15, 0.2) is 0 Å². The van der Waals surface area contributed by atoms with Crippen molar-refractivity contribution in [3.8, 4) is 0 Å². The fraction of sp³-hybridized carbons (Fsp3) is 0.727. The summed E-state index contributed by atoms with van der Waals surface area (Å²) in [5.41, 5.74) is 1.90. The van der Waals surface area contributed by atoms with E-state index in [0.717, 1.165) is 24.1 Å². The molecule has 0 radical (unpaired) electrons. The first kappa shape index (κ1) is 11.2. The minimum absolute atomic E-state index is 0.355. The number of aromatic nitrogens is 2. The summed E-state index contributed by atoms with van der Waals surface area (Å²) in [6, 6.07) is 0. The number of aryl methyl sites for hydroxylation is 2. The molecule has 3 heteroatoms. The number of rotatable bonds is 4. The molecule has 1 rings (SSSR count). The summed E-state index contributed by atoms with van der Waals surface area (Å²) < 4.78 is 1.75. The molecular weight excluding hydrogens is 176 g/mol. The zero-order valence-electron chi connectivity index (χ0n) is 9.49. The van der Waals surface area contributed by atoms with E-state index in [0.29, 0.717) is 5.92 Å². The maximum atomic E-state index is 9.91. The third-order valence-corrected chi connectivity index (χ3v) is 2.43. The molecule has 0 saturated carbocycles. The lowest BCUT2D eigenvalue weighted by Crippen LogP contribution is -2.00. The van der Waals surface area contributed by atoms with Gasteiger partial charge in [0.1, 0.15) is 0 Å². The Bertz CT molecular complexity index is 291. The molecule has 14 heavy (non-hydrogen) atoms. The van der Waals surface area contributed by atoms with Crippen LogP contribution in [0.4, 0.5) is 0 Å². The second-order valence-corrected chi connectivity index (χ2v) is 4.33. The van der Waals surface area contributed by atoms with Gasteiger partial charge in [0.2, 0.25) is 0 Å². The van der Waals surface area contributed by atoms with Crippen LogP contribution in [0.25, 0.3) is 0 Å².